The molecule has 0 aliphatic carbocycles. The lowest BCUT2D eigenvalue weighted by molar-refractivity contribution is 0.771. The lowest BCUT2D eigenvalue weighted by atomic mass is 9.80. The van der Waals surface area contributed by atoms with E-state index < -0.39 is 5.41 Å². The van der Waals surface area contributed by atoms with Crippen LogP contribution < -0.4 is 0 Å². The number of rotatable bonds is 1. The highest BCUT2D eigenvalue weighted by molar-refractivity contribution is 6.09. The highest BCUT2D eigenvalue weighted by atomic mass is 14.4. The largest absolute Gasteiger partial charge is 0.221 e. The molecule has 0 atom stereocenters. The highest BCUT2D eigenvalue weighted by Crippen LogP contribution is 2.16. The predicted molar refractivity (Wildman–Crippen MR) is 32.6 cm³/mol. The third kappa shape index (κ3) is 1.21. The zero-order valence-electron chi connectivity index (χ0n) is 5.05. The third-order valence-electron chi connectivity index (χ3n) is 1.10. The van der Waals surface area contributed by atoms with Gasteiger partial charge in [-0.2, -0.15) is 15.8 Å². The Balaban J connectivity index is 4.54. The SMILES string of the molecule is BCC(C#N)(C#N)C#N. The molecular weight excluding hydrogens is 113 g/mol. The summed E-state index contributed by atoms with van der Waals surface area (Å²) in [6.07, 6.45) is 0.260. The summed E-state index contributed by atoms with van der Waals surface area (Å²) >= 11 is 0. The molecule has 0 N–H and O–H groups in total. The fourth-order valence-corrected chi connectivity index (χ4v) is 0.312. The van der Waals surface area contributed by atoms with Gasteiger partial charge in [0.25, 0.3) is 0 Å². The first-order valence-electron chi connectivity index (χ1n) is 2.48. The Labute approximate surface area is 54.5 Å². The van der Waals surface area contributed by atoms with Crippen LogP contribution in [0, 0.1) is 39.4 Å². The van der Waals surface area contributed by atoms with Gasteiger partial charge >= 0.3 is 0 Å². The molecule has 0 bridgehead atoms. The first kappa shape index (κ1) is 7.53. The third-order valence-corrected chi connectivity index (χ3v) is 1.10. The summed E-state index contributed by atoms with van der Waals surface area (Å²) < 4.78 is 0. The topological polar surface area (TPSA) is 71.4 Å². The molecule has 0 radical (unpaired) electrons. The number of hydrogen-bond donors (Lipinski definition) is 0. The summed E-state index contributed by atoms with van der Waals surface area (Å²) in [5.41, 5.74) is -1.42. The van der Waals surface area contributed by atoms with Crippen molar-refractivity contribution in [2.45, 2.75) is 6.32 Å². The molecule has 0 heterocycles. The van der Waals surface area contributed by atoms with Crippen LogP contribution in [0.3, 0.4) is 0 Å². The monoisotopic (exact) mass is 117 g/mol. The molecule has 0 aliphatic heterocycles. The summed E-state index contributed by atoms with van der Waals surface area (Å²) in [5, 5.41) is 24.8. The van der Waals surface area contributed by atoms with Crippen molar-refractivity contribution in [2.75, 3.05) is 0 Å². The van der Waals surface area contributed by atoms with Gasteiger partial charge in [0.2, 0.25) is 5.41 Å². The Morgan fingerprint density at radius 1 is 1.11 bits per heavy atom. The van der Waals surface area contributed by atoms with Gasteiger partial charge in [0.15, 0.2) is 0 Å². The van der Waals surface area contributed by atoms with Gasteiger partial charge in [-0.05, 0) is 6.32 Å². The van der Waals surface area contributed by atoms with Crippen LogP contribution in [0.5, 0.6) is 0 Å². The van der Waals surface area contributed by atoms with Crippen LogP contribution in [0.25, 0.3) is 0 Å². The van der Waals surface area contributed by atoms with Crippen molar-refractivity contribution in [1.29, 1.82) is 15.8 Å². The van der Waals surface area contributed by atoms with Crippen LogP contribution in [0.2, 0.25) is 6.32 Å². The van der Waals surface area contributed by atoms with E-state index in [1.165, 1.54) is 0 Å². The Morgan fingerprint density at radius 3 is 1.44 bits per heavy atom. The second-order valence-corrected chi connectivity index (χ2v) is 1.59. The molecule has 0 amide bonds. The van der Waals surface area contributed by atoms with Crippen molar-refractivity contribution in [3.05, 3.63) is 0 Å². The lowest BCUT2D eigenvalue weighted by Gasteiger charge is -2.01. The first-order chi connectivity index (χ1) is 4.24. The number of nitrogens with zero attached hydrogens (tertiary/aromatic N) is 3. The van der Waals surface area contributed by atoms with Crippen molar-refractivity contribution in [3.8, 4) is 18.2 Å². The molecule has 0 saturated heterocycles. The zero-order chi connectivity index (χ0) is 7.33. The average molecular weight is 117 g/mol. The summed E-state index contributed by atoms with van der Waals surface area (Å²) in [6.45, 7) is 0. The predicted octanol–water partition coefficient (Wildman–Crippen LogP) is -0.405. The van der Waals surface area contributed by atoms with Crippen molar-refractivity contribution >= 4 is 7.85 Å². The molecule has 0 aromatic carbocycles. The Bertz CT molecular complexity index is 178. The summed E-state index contributed by atoms with van der Waals surface area (Å²) in [6, 6.07) is 4.93. The molecule has 4 heteroatoms. The van der Waals surface area contributed by atoms with E-state index in [9.17, 15) is 0 Å². The van der Waals surface area contributed by atoms with E-state index in [2.05, 4.69) is 0 Å². The van der Waals surface area contributed by atoms with Crippen molar-refractivity contribution in [3.63, 3.8) is 0 Å². The van der Waals surface area contributed by atoms with Crippen molar-refractivity contribution < 1.29 is 0 Å². The maximum atomic E-state index is 8.28. The van der Waals surface area contributed by atoms with Crippen molar-refractivity contribution in [2.24, 2.45) is 5.41 Å². The molecule has 9 heavy (non-hydrogen) atoms. The highest BCUT2D eigenvalue weighted by Gasteiger charge is 2.26. The van der Waals surface area contributed by atoms with Crippen LogP contribution in [0.15, 0.2) is 0 Å². The molecule has 42 valence electrons. The van der Waals surface area contributed by atoms with Gasteiger partial charge in [-0.25, -0.2) is 0 Å². The summed E-state index contributed by atoms with van der Waals surface area (Å²) in [5.74, 6) is 0. The van der Waals surface area contributed by atoms with Gasteiger partial charge in [-0.3, -0.25) is 0 Å². The maximum absolute atomic E-state index is 8.28. The van der Waals surface area contributed by atoms with Crippen LogP contribution in [0.1, 0.15) is 0 Å². The second-order valence-electron chi connectivity index (χ2n) is 1.59. The van der Waals surface area contributed by atoms with Crippen molar-refractivity contribution in [1.82, 2.24) is 0 Å². The fraction of sp³-hybridized carbons (Fsp3) is 0.400. The van der Waals surface area contributed by atoms with Gasteiger partial charge < -0.3 is 0 Å². The standard InChI is InChI=1S/C5H4BN3/c6-1-5(2-7,3-8)4-9/h1,6H2. The molecule has 0 fully saturated rings. The normalized spacial score (nSPS) is 8.56. The molecule has 0 aromatic heterocycles. The smallest absolute Gasteiger partial charge is 0.195 e. The van der Waals surface area contributed by atoms with Crippen LogP contribution in [-0.2, 0) is 0 Å². The average Bonchev–Trinajstić information content (AvgIpc) is 1.95. The van der Waals surface area contributed by atoms with Crippen LogP contribution in [0.4, 0.5) is 0 Å². The molecule has 0 unspecified atom stereocenters. The minimum atomic E-state index is -1.42. The van der Waals surface area contributed by atoms with E-state index in [1.807, 2.05) is 0 Å². The van der Waals surface area contributed by atoms with E-state index in [0.717, 1.165) is 0 Å². The van der Waals surface area contributed by atoms with Gasteiger partial charge in [-0.1, -0.05) is 0 Å². The molecule has 3 nitrogen and oxygen atoms in total. The van der Waals surface area contributed by atoms with Gasteiger partial charge in [-0.15, -0.1) is 0 Å². The first-order valence-corrected chi connectivity index (χ1v) is 2.48. The van der Waals surface area contributed by atoms with Gasteiger partial charge in [0.1, 0.15) is 7.85 Å². The minimum absolute atomic E-state index is 0.260. The Hall–Kier alpha value is -1.47. The number of hydrogen-bond acceptors (Lipinski definition) is 3. The number of nitriles is 3. The molecule has 0 spiro atoms. The van der Waals surface area contributed by atoms with Gasteiger partial charge in [0.05, 0.1) is 18.2 Å². The Morgan fingerprint density at radius 2 is 1.44 bits per heavy atom. The second kappa shape index (κ2) is 2.75. The molecule has 0 rings (SSSR count). The molecule has 0 saturated carbocycles. The van der Waals surface area contributed by atoms with E-state index in [4.69, 9.17) is 15.8 Å². The lowest BCUT2D eigenvalue weighted by Crippen LogP contribution is -2.11. The van der Waals surface area contributed by atoms with E-state index >= 15 is 0 Å². The van der Waals surface area contributed by atoms with Crippen LogP contribution in [-0.4, -0.2) is 7.85 Å². The summed E-state index contributed by atoms with van der Waals surface area (Å²) in [4.78, 5) is 0. The quantitative estimate of drug-likeness (QED) is 0.438. The van der Waals surface area contributed by atoms with E-state index in [0.29, 0.717) is 0 Å². The van der Waals surface area contributed by atoms with E-state index in [-0.39, 0.29) is 6.32 Å². The Kier molecular flexibility index (Phi) is 2.30. The molecular formula is C5H4BN3. The maximum Gasteiger partial charge on any atom is 0.221 e. The van der Waals surface area contributed by atoms with E-state index in [1.54, 1.807) is 26.1 Å². The molecule has 0 aromatic rings. The van der Waals surface area contributed by atoms with Gasteiger partial charge in [0, 0.05) is 0 Å². The summed E-state index contributed by atoms with van der Waals surface area (Å²) in [7, 11) is 1.63. The molecule has 0 aliphatic rings. The zero-order valence-corrected chi connectivity index (χ0v) is 5.05. The van der Waals surface area contributed by atoms with Crippen LogP contribution >= 0.6 is 0 Å². The minimum Gasteiger partial charge on any atom is -0.195 e. The fourth-order valence-electron chi connectivity index (χ4n) is 0.312.